The molecule has 5 heteroatoms. The van der Waals surface area contributed by atoms with Gasteiger partial charge < -0.3 is 10.2 Å². The minimum Gasteiger partial charge on any atom is -0.395 e. The van der Waals surface area contributed by atoms with Crippen molar-refractivity contribution in [3.05, 3.63) is 63.9 Å². The molecule has 0 radical (unpaired) electrons. The molecule has 0 unspecified atom stereocenters. The van der Waals surface area contributed by atoms with E-state index in [1.54, 1.807) is 24.5 Å². The molecule has 2 rings (SSSR count). The smallest absolute Gasteiger partial charge is 0.0621 e. The van der Waals surface area contributed by atoms with Crippen LogP contribution in [-0.2, 0) is 11.8 Å². The predicted octanol–water partition coefficient (Wildman–Crippen LogP) is 2.85. The van der Waals surface area contributed by atoms with Gasteiger partial charge in [0.25, 0.3) is 0 Å². The molecule has 0 aliphatic carbocycles. The molecular weight excluding hydrogens is 297 g/mol. The molecule has 0 aliphatic rings. The van der Waals surface area contributed by atoms with E-state index >= 15 is 0 Å². The number of nitrogens with zero attached hydrogens (tertiary/aromatic N) is 1. The highest BCUT2D eigenvalue weighted by atomic mass is 35.5. The summed E-state index contributed by atoms with van der Waals surface area (Å²) in [5, 5.41) is 20.7. The summed E-state index contributed by atoms with van der Waals surface area (Å²) in [5.74, 6) is 0. The summed E-state index contributed by atoms with van der Waals surface area (Å²) in [5.41, 5.74) is 0.646. The topological polar surface area (TPSA) is 53.4 Å². The lowest BCUT2D eigenvalue weighted by atomic mass is 9.77. The largest absolute Gasteiger partial charge is 0.395 e. The van der Waals surface area contributed by atoms with Gasteiger partial charge >= 0.3 is 0 Å². The fourth-order valence-electron chi connectivity index (χ4n) is 2.23. The van der Waals surface area contributed by atoms with Gasteiger partial charge in [0.05, 0.1) is 18.2 Å². The Bertz CT molecular complexity index is 586. The van der Waals surface area contributed by atoms with Crippen LogP contribution in [0.15, 0.2) is 42.7 Å². The number of rotatable bonds is 5. The normalized spacial score (nSPS) is 11.6. The van der Waals surface area contributed by atoms with Crippen LogP contribution < -0.4 is 0 Å². The highest BCUT2D eigenvalue weighted by Gasteiger charge is 2.33. The fourth-order valence-corrected chi connectivity index (χ4v) is 2.75. The zero-order chi connectivity index (χ0) is 14.6. The van der Waals surface area contributed by atoms with Crippen molar-refractivity contribution in [2.24, 2.45) is 0 Å². The first-order valence-electron chi connectivity index (χ1n) is 6.18. The number of aliphatic hydroxyl groups is 2. The summed E-state index contributed by atoms with van der Waals surface area (Å²) in [4.78, 5) is 3.93. The average Bonchev–Trinajstić information content (AvgIpc) is 2.48. The van der Waals surface area contributed by atoms with E-state index in [0.29, 0.717) is 22.0 Å². The molecular formula is C15H15Cl2NO2. The third kappa shape index (κ3) is 2.96. The van der Waals surface area contributed by atoms with Crippen molar-refractivity contribution in [2.75, 3.05) is 13.2 Å². The van der Waals surface area contributed by atoms with Gasteiger partial charge in [-0.1, -0.05) is 41.4 Å². The second-order valence-electron chi connectivity index (χ2n) is 4.72. The van der Waals surface area contributed by atoms with E-state index in [1.807, 2.05) is 18.2 Å². The van der Waals surface area contributed by atoms with Gasteiger partial charge in [-0.05, 0) is 29.7 Å². The molecule has 1 heterocycles. The highest BCUT2D eigenvalue weighted by molar-refractivity contribution is 6.31. The molecule has 0 bridgehead atoms. The van der Waals surface area contributed by atoms with E-state index in [1.165, 1.54) is 0 Å². The third-order valence-corrected chi connectivity index (χ3v) is 4.11. The van der Waals surface area contributed by atoms with Crippen LogP contribution in [0.25, 0.3) is 0 Å². The van der Waals surface area contributed by atoms with Gasteiger partial charge in [-0.2, -0.15) is 0 Å². The van der Waals surface area contributed by atoms with E-state index in [0.717, 1.165) is 5.56 Å². The van der Waals surface area contributed by atoms with Gasteiger partial charge in [0.15, 0.2) is 0 Å². The number of hydrogen-bond acceptors (Lipinski definition) is 3. The molecule has 0 saturated heterocycles. The molecule has 0 spiro atoms. The van der Waals surface area contributed by atoms with Crippen LogP contribution in [0.4, 0.5) is 0 Å². The maximum Gasteiger partial charge on any atom is 0.0621 e. The van der Waals surface area contributed by atoms with Crippen molar-refractivity contribution in [3.63, 3.8) is 0 Å². The fraction of sp³-hybridized carbons (Fsp3) is 0.267. The van der Waals surface area contributed by atoms with Gasteiger partial charge in [-0.15, -0.1) is 0 Å². The lowest BCUT2D eigenvalue weighted by Gasteiger charge is -2.31. The van der Waals surface area contributed by atoms with E-state index in [-0.39, 0.29) is 13.2 Å². The molecule has 3 nitrogen and oxygen atoms in total. The minimum atomic E-state index is -0.872. The number of hydrogen-bond donors (Lipinski definition) is 2. The number of aliphatic hydroxyl groups excluding tert-OH is 2. The lowest BCUT2D eigenvalue weighted by Crippen LogP contribution is -2.37. The number of pyridine rings is 1. The van der Waals surface area contributed by atoms with Gasteiger partial charge in [-0.25, -0.2) is 0 Å². The van der Waals surface area contributed by atoms with Crippen molar-refractivity contribution in [2.45, 2.75) is 11.8 Å². The standard InChI is InChI=1S/C15H15Cl2NO2/c16-13-4-2-1-3-12(13)15(9-19,10-20)7-11-5-6-18-8-14(11)17/h1-6,8,19-20H,7,9-10H2. The molecule has 0 amide bonds. The summed E-state index contributed by atoms with van der Waals surface area (Å²) in [6.45, 7) is -0.461. The molecule has 0 aliphatic heterocycles. The molecule has 0 atom stereocenters. The van der Waals surface area contributed by atoms with Crippen LogP contribution in [0, 0.1) is 0 Å². The quantitative estimate of drug-likeness (QED) is 0.892. The molecule has 106 valence electrons. The van der Waals surface area contributed by atoms with Crippen LogP contribution >= 0.6 is 23.2 Å². The van der Waals surface area contributed by atoms with Gasteiger partial charge in [0.1, 0.15) is 0 Å². The van der Waals surface area contributed by atoms with Crippen molar-refractivity contribution in [1.82, 2.24) is 4.98 Å². The Balaban J connectivity index is 2.46. The van der Waals surface area contributed by atoms with Crippen LogP contribution in [0.1, 0.15) is 11.1 Å². The number of aromatic nitrogens is 1. The lowest BCUT2D eigenvalue weighted by molar-refractivity contribution is 0.116. The molecule has 2 N–H and O–H groups in total. The molecule has 1 aromatic carbocycles. The second-order valence-corrected chi connectivity index (χ2v) is 5.53. The summed E-state index contributed by atoms with van der Waals surface area (Å²) in [6, 6.07) is 8.97. The Kier molecular flexibility index (Phi) is 5.00. The van der Waals surface area contributed by atoms with Gasteiger partial charge in [0.2, 0.25) is 0 Å². The van der Waals surface area contributed by atoms with E-state index < -0.39 is 5.41 Å². The maximum atomic E-state index is 9.83. The van der Waals surface area contributed by atoms with E-state index in [9.17, 15) is 10.2 Å². The zero-order valence-electron chi connectivity index (χ0n) is 10.8. The van der Waals surface area contributed by atoms with Crippen molar-refractivity contribution >= 4 is 23.2 Å². The third-order valence-electron chi connectivity index (χ3n) is 3.44. The minimum absolute atomic E-state index is 0.230. The highest BCUT2D eigenvalue weighted by Crippen LogP contribution is 2.34. The first-order valence-corrected chi connectivity index (χ1v) is 6.93. The Morgan fingerprint density at radius 3 is 2.30 bits per heavy atom. The molecule has 0 saturated carbocycles. The zero-order valence-corrected chi connectivity index (χ0v) is 12.3. The van der Waals surface area contributed by atoms with Gasteiger partial charge in [0, 0.05) is 22.8 Å². The predicted molar refractivity (Wildman–Crippen MR) is 80.3 cm³/mol. The Hall–Kier alpha value is -1.13. The Morgan fingerprint density at radius 2 is 1.70 bits per heavy atom. The molecule has 0 fully saturated rings. The number of benzene rings is 1. The summed E-state index contributed by atoms with van der Waals surface area (Å²) >= 11 is 12.3. The van der Waals surface area contributed by atoms with Crippen LogP contribution in [-0.4, -0.2) is 28.4 Å². The van der Waals surface area contributed by atoms with Gasteiger partial charge in [-0.3, -0.25) is 4.98 Å². The summed E-state index contributed by atoms with van der Waals surface area (Å²) in [7, 11) is 0. The van der Waals surface area contributed by atoms with Crippen LogP contribution in [0.3, 0.4) is 0 Å². The van der Waals surface area contributed by atoms with Crippen molar-refractivity contribution in [3.8, 4) is 0 Å². The first-order chi connectivity index (χ1) is 9.63. The molecule has 2 aromatic rings. The van der Waals surface area contributed by atoms with Crippen LogP contribution in [0.5, 0.6) is 0 Å². The molecule has 1 aromatic heterocycles. The van der Waals surface area contributed by atoms with E-state index in [2.05, 4.69) is 4.98 Å². The van der Waals surface area contributed by atoms with Crippen molar-refractivity contribution < 1.29 is 10.2 Å². The average molecular weight is 312 g/mol. The van der Waals surface area contributed by atoms with Crippen molar-refractivity contribution in [1.29, 1.82) is 0 Å². The second kappa shape index (κ2) is 6.55. The van der Waals surface area contributed by atoms with E-state index in [4.69, 9.17) is 23.2 Å². The summed E-state index contributed by atoms with van der Waals surface area (Å²) < 4.78 is 0. The SMILES string of the molecule is OCC(CO)(Cc1ccncc1Cl)c1ccccc1Cl. The first kappa shape index (κ1) is 15.3. The Morgan fingerprint density at radius 1 is 1.00 bits per heavy atom. The number of halogens is 2. The van der Waals surface area contributed by atoms with Crippen LogP contribution in [0.2, 0.25) is 10.0 Å². The Labute approximate surface area is 127 Å². The summed E-state index contributed by atoms with van der Waals surface area (Å²) in [6.07, 6.45) is 3.56. The maximum absolute atomic E-state index is 9.83. The molecule has 20 heavy (non-hydrogen) atoms. The monoisotopic (exact) mass is 311 g/mol.